The van der Waals surface area contributed by atoms with Gasteiger partial charge >= 0.3 is 0 Å². The standard InChI is InChI=1S/C13H24N4/c1-10(2)7-11(9-14)8-13-16-15-12-5-3-4-6-17(12)13/h10-11H,3-9,14H2,1-2H3. The Hall–Kier alpha value is -0.900. The van der Waals surface area contributed by atoms with Crippen molar-refractivity contribution in [2.75, 3.05) is 6.54 Å². The molecule has 4 nitrogen and oxygen atoms in total. The van der Waals surface area contributed by atoms with Crippen LogP contribution in [0.5, 0.6) is 0 Å². The summed E-state index contributed by atoms with van der Waals surface area (Å²) in [5, 5.41) is 8.65. The largest absolute Gasteiger partial charge is 0.330 e. The number of rotatable bonds is 5. The van der Waals surface area contributed by atoms with E-state index < -0.39 is 0 Å². The van der Waals surface area contributed by atoms with Crippen LogP contribution in [0, 0.1) is 11.8 Å². The van der Waals surface area contributed by atoms with Gasteiger partial charge in [-0.25, -0.2) is 0 Å². The van der Waals surface area contributed by atoms with Crippen LogP contribution < -0.4 is 5.73 Å². The van der Waals surface area contributed by atoms with Gasteiger partial charge < -0.3 is 10.3 Å². The van der Waals surface area contributed by atoms with Crippen molar-refractivity contribution < 1.29 is 0 Å². The monoisotopic (exact) mass is 236 g/mol. The normalized spacial score (nSPS) is 17.2. The summed E-state index contributed by atoms with van der Waals surface area (Å²) in [6.45, 7) is 6.35. The summed E-state index contributed by atoms with van der Waals surface area (Å²) >= 11 is 0. The minimum absolute atomic E-state index is 0.547. The van der Waals surface area contributed by atoms with Gasteiger partial charge in [0, 0.05) is 19.4 Å². The van der Waals surface area contributed by atoms with Gasteiger partial charge in [-0.1, -0.05) is 13.8 Å². The zero-order valence-electron chi connectivity index (χ0n) is 11.0. The molecule has 0 aliphatic carbocycles. The number of aryl methyl sites for hydroxylation is 1. The molecule has 0 saturated carbocycles. The molecule has 0 spiro atoms. The van der Waals surface area contributed by atoms with Gasteiger partial charge in [0.15, 0.2) is 0 Å². The predicted octanol–water partition coefficient (Wildman–Crippen LogP) is 1.78. The van der Waals surface area contributed by atoms with Crippen LogP contribution in [0.25, 0.3) is 0 Å². The first kappa shape index (κ1) is 12.6. The average molecular weight is 236 g/mol. The molecule has 0 amide bonds. The molecular weight excluding hydrogens is 212 g/mol. The van der Waals surface area contributed by atoms with Crippen molar-refractivity contribution in [2.45, 2.75) is 52.5 Å². The average Bonchev–Trinajstić information content (AvgIpc) is 2.71. The Morgan fingerprint density at radius 3 is 2.82 bits per heavy atom. The molecule has 1 aliphatic heterocycles. The molecule has 0 fully saturated rings. The predicted molar refractivity (Wildman–Crippen MR) is 68.7 cm³/mol. The molecular formula is C13H24N4. The molecule has 0 radical (unpaired) electrons. The van der Waals surface area contributed by atoms with Gasteiger partial charge in [0.2, 0.25) is 0 Å². The molecule has 2 rings (SSSR count). The lowest BCUT2D eigenvalue weighted by atomic mass is 9.94. The van der Waals surface area contributed by atoms with Crippen molar-refractivity contribution in [2.24, 2.45) is 17.6 Å². The van der Waals surface area contributed by atoms with Crippen molar-refractivity contribution in [1.82, 2.24) is 14.8 Å². The molecule has 0 aromatic carbocycles. The van der Waals surface area contributed by atoms with E-state index in [1.54, 1.807) is 0 Å². The Balaban J connectivity index is 2.04. The van der Waals surface area contributed by atoms with E-state index >= 15 is 0 Å². The third kappa shape index (κ3) is 3.06. The molecule has 2 heterocycles. The highest BCUT2D eigenvalue weighted by Crippen LogP contribution is 2.19. The number of hydrogen-bond acceptors (Lipinski definition) is 3. The molecule has 0 bridgehead atoms. The first-order valence-electron chi connectivity index (χ1n) is 6.81. The van der Waals surface area contributed by atoms with Gasteiger partial charge in [-0.2, -0.15) is 0 Å². The Bertz CT molecular complexity index is 356. The highest BCUT2D eigenvalue weighted by Gasteiger charge is 2.19. The maximum absolute atomic E-state index is 5.86. The molecule has 1 atom stereocenters. The van der Waals surface area contributed by atoms with Crippen molar-refractivity contribution >= 4 is 0 Å². The van der Waals surface area contributed by atoms with E-state index in [0.29, 0.717) is 11.8 Å². The van der Waals surface area contributed by atoms with E-state index in [2.05, 4.69) is 28.6 Å². The molecule has 17 heavy (non-hydrogen) atoms. The van der Waals surface area contributed by atoms with E-state index in [4.69, 9.17) is 5.73 Å². The third-order valence-corrected chi connectivity index (χ3v) is 3.55. The molecule has 1 aliphatic rings. The van der Waals surface area contributed by atoms with E-state index in [9.17, 15) is 0 Å². The first-order valence-corrected chi connectivity index (χ1v) is 6.81. The number of fused-ring (bicyclic) bond motifs is 1. The smallest absolute Gasteiger partial charge is 0.133 e. The molecule has 0 saturated heterocycles. The fourth-order valence-electron chi connectivity index (χ4n) is 2.71. The van der Waals surface area contributed by atoms with E-state index in [1.807, 2.05) is 0 Å². The number of aromatic nitrogens is 3. The molecule has 4 heteroatoms. The minimum atomic E-state index is 0.547. The fraction of sp³-hybridized carbons (Fsp3) is 0.846. The van der Waals surface area contributed by atoms with Crippen LogP contribution in [-0.4, -0.2) is 21.3 Å². The molecule has 96 valence electrons. The summed E-state index contributed by atoms with van der Waals surface area (Å²) in [4.78, 5) is 0. The molecule has 1 unspecified atom stereocenters. The quantitative estimate of drug-likeness (QED) is 0.847. The summed E-state index contributed by atoms with van der Waals surface area (Å²) in [6.07, 6.45) is 5.77. The van der Waals surface area contributed by atoms with Gasteiger partial charge in [0.1, 0.15) is 11.6 Å². The van der Waals surface area contributed by atoms with Gasteiger partial charge in [-0.05, 0) is 37.6 Å². The first-order chi connectivity index (χ1) is 8.20. The van der Waals surface area contributed by atoms with E-state index in [-0.39, 0.29) is 0 Å². The SMILES string of the molecule is CC(C)CC(CN)Cc1nnc2n1CCCC2. The van der Waals surface area contributed by atoms with Crippen LogP contribution in [0.3, 0.4) is 0 Å². The lowest BCUT2D eigenvalue weighted by Gasteiger charge is -2.19. The van der Waals surface area contributed by atoms with Crippen LogP contribution in [0.2, 0.25) is 0 Å². The summed E-state index contributed by atoms with van der Waals surface area (Å²) in [5.41, 5.74) is 5.86. The van der Waals surface area contributed by atoms with Crippen LogP contribution in [-0.2, 0) is 19.4 Å². The Kier molecular flexibility index (Phi) is 4.15. The number of hydrogen-bond donors (Lipinski definition) is 1. The van der Waals surface area contributed by atoms with E-state index in [0.717, 1.165) is 31.8 Å². The van der Waals surface area contributed by atoms with E-state index in [1.165, 1.54) is 25.1 Å². The summed E-state index contributed by atoms with van der Waals surface area (Å²) in [7, 11) is 0. The second-order valence-electron chi connectivity index (χ2n) is 5.58. The van der Waals surface area contributed by atoms with Gasteiger partial charge in [0.05, 0.1) is 0 Å². The Morgan fingerprint density at radius 2 is 2.12 bits per heavy atom. The molecule has 1 aromatic rings. The highest BCUT2D eigenvalue weighted by molar-refractivity contribution is 5.00. The topological polar surface area (TPSA) is 56.7 Å². The van der Waals surface area contributed by atoms with Crippen LogP contribution in [0.15, 0.2) is 0 Å². The summed E-state index contributed by atoms with van der Waals surface area (Å²) in [5.74, 6) is 3.57. The summed E-state index contributed by atoms with van der Waals surface area (Å²) < 4.78 is 2.31. The van der Waals surface area contributed by atoms with Gasteiger partial charge in [-0.15, -0.1) is 10.2 Å². The Labute approximate surface area is 104 Å². The lowest BCUT2D eigenvalue weighted by molar-refractivity contribution is 0.397. The molecule has 1 aromatic heterocycles. The van der Waals surface area contributed by atoms with Crippen LogP contribution >= 0.6 is 0 Å². The second kappa shape index (κ2) is 5.63. The number of nitrogens with zero attached hydrogens (tertiary/aromatic N) is 3. The van der Waals surface area contributed by atoms with Crippen molar-refractivity contribution in [1.29, 1.82) is 0 Å². The Morgan fingerprint density at radius 1 is 1.29 bits per heavy atom. The van der Waals surface area contributed by atoms with Gasteiger partial charge in [-0.3, -0.25) is 0 Å². The lowest BCUT2D eigenvalue weighted by Crippen LogP contribution is -2.22. The van der Waals surface area contributed by atoms with Crippen molar-refractivity contribution in [3.05, 3.63) is 11.6 Å². The third-order valence-electron chi connectivity index (χ3n) is 3.55. The van der Waals surface area contributed by atoms with Crippen LogP contribution in [0.1, 0.15) is 44.8 Å². The summed E-state index contributed by atoms with van der Waals surface area (Å²) in [6, 6.07) is 0. The minimum Gasteiger partial charge on any atom is -0.330 e. The maximum Gasteiger partial charge on any atom is 0.133 e. The number of nitrogens with two attached hydrogens (primary N) is 1. The zero-order chi connectivity index (χ0) is 12.3. The van der Waals surface area contributed by atoms with Gasteiger partial charge in [0.25, 0.3) is 0 Å². The van der Waals surface area contributed by atoms with Crippen molar-refractivity contribution in [3.8, 4) is 0 Å². The zero-order valence-corrected chi connectivity index (χ0v) is 11.0. The van der Waals surface area contributed by atoms with Crippen molar-refractivity contribution in [3.63, 3.8) is 0 Å². The molecule has 2 N–H and O–H groups in total. The highest BCUT2D eigenvalue weighted by atomic mass is 15.3. The fourth-order valence-corrected chi connectivity index (χ4v) is 2.71. The second-order valence-corrected chi connectivity index (χ2v) is 5.58. The van der Waals surface area contributed by atoms with Crippen LogP contribution in [0.4, 0.5) is 0 Å². The maximum atomic E-state index is 5.86.